The summed E-state index contributed by atoms with van der Waals surface area (Å²) in [6.45, 7) is 0. The van der Waals surface area contributed by atoms with Crippen molar-refractivity contribution in [3.05, 3.63) is 59.3 Å². The van der Waals surface area contributed by atoms with Gasteiger partial charge in [-0.05, 0) is 18.2 Å². The largest absolute Gasteiger partial charge is 0.496 e. The molecule has 3 heteroatoms. The zero-order valence-corrected chi connectivity index (χ0v) is 11.2. The highest BCUT2D eigenvalue weighted by Gasteiger charge is 2.37. The van der Waals surface area contributed by atoms with Crippen molar-refractivity contribution in [1.29, 1.82) is 0 Å². The van der Waals surface area contributed by atoms with Gasteiger partial charge < -0.3 is 14.5 Å². The summed E-state index contributed by atoms with van der Waals surface area (Å²) in [5, 5.41) is 3.38. The topological polar surface area (TPSA) is 34.2 Å². The molecule has 2 heterocycles. The van der Waals surface area contributed by atoms with Gasteiger partial charge in [-0.2, -0.15) is 0 Å². The molecule has 0 saturated heterocycles. The Kier molecular flexibility index (Phi) is 2.30. The summed E-state index contributed by atoms with van der Waals surface area (Å²) in [4.78, 5) is 3.45. The molecule has 0 bridgehead atoms. The minimum absolute atomic E-state index is 0.512. The van der Waals surface area contributed by atoms with E-state index in [1.807, 2.05) is 24.3 Å². The lowest BCUT2D eigenvalue weighted by Gasteiger charge is -2.33. The third-order valence-electron chi connectivity index (χ3n) is 3.99. The molecule has 1 atom stereocenters. The van der Waals surface area contributed by atoms with Crippen LogP contribution in [0.15, 0.2) is 48.8 Å². The van der Waals surface area contributed by atoms with Crippen LogP contribution in [0.5, 0.6) is 0 Å². The number of benzene rings is 1. The second kappa shape index (κ2) is 4.04. The Hall–Kier alpha value is -2.42. The smallest absolute Gasteiger partial charge is 0.187 e. The molecule has 1 aromatic carbocycles. The zero-order valence-electron chi connectivity index (χ0n) is 11.2. The van der Waals surface area contributed by atoms with E-state index in [9.17, 15) is 0 Å². The number of nitrogens with one attached hydrogen (secondary N) is 1. The summed E-state index contributed by atoms with van der Waals surface area (Å²) in [7, 11) is 1.71. The standard InChI is InChI=1S/C17H15NO2/c1-19-16-15-12-6-2-3-7-13(12)18-14(15)8-10-17(16)9-4-5-11-20-17/h2-9,11,18H,10H2,1H3. The quantitative estimate of drug-likeness (QED) is 0.855. The Balaban J connectivity index is 2.14. The molecule has 2 aromatic rings. The average molecular weight is 265 g/mol. The molecule has 1 N–H and O–H groups in total. The maximum atomic E-state index is 5.91. The number of rotatable bonds is 1. The van der Waals surface area contributed by atoms with Gasteiger partial charge in [-0.3, -0.25) is 0 Å². The minimum atomic E-state index is -0.512. The minimum Gasteiger partial charge on any atom is -0.496 e. The van der Waals surface area contributed by atoms with E-state index in [-0.39, 0.29) is 0 Å². The molecule has 0 fully saturated rings. The van der Waals surface area contributed by atoms with Gasteiger partial charge in [0.15, 0.2) is 11.4 Å². The summed E-state index contributed by atoms with van der Waals surface area (Å²) < 4.78 is 11.7. The van der Waals surface area contributed by atoms with Gasteiger partial charge in [0.05, 0.1) is 13.4 Å². The molecule has 3 nitrogen and oxygen atoms in total. The van der Waals surface area contributed by atoms with Crippen molar-refractivity contribution in [1.82, 2.24) is 4.98 Å². The molecule has 0 radical (unpaired) electrons. The second-order valence-electron chi connectivity index (χ2n) is 5.10. The average Bonchev–Trinajstić information content (AvgIpc) is 2.87. The Labute approximate surface area is 116 Å². The van der Waals surface area contributed by atoms with Gasteiger partial charge in [-0.25, -0.2) is 0 Å². The summed E-state index contributed by atoms with van der Waals surface area (Å²) in [5.74, 6) is 0.869. The van der Waals surface area contributed by atoms with Crippen molar-refractivity contribution in [3.63, 3.8) is 0 Å². The fraction of sp³-hybridized carbons (Fsp3) is 0.176. The molecule has 4 rings (SSSR count). The first-order valence-electron chi connectivity index (χ1n) is 6.72. The number of allylic oxidation sites excluding steroid dienone is 2. The highest BCUT2D eigenvalue weighted by atomic mass is 16.5. The van der Waals surface area contributed by atoms with Crippen LogP contribution in [0.25, 0.3) is 22.7 Å². The normalized spacial score (nSPS) is 23.6. The molecule has 0 amide bonds. The lowest BCUT2D eigenvalue weighted by Crippen LogP contribution is -2.43. The van der Waals surface area contributed by atoms with E-state index in [4.69, 9.17) is 9.47 Å². The SMILES string of the molecule is COC1=c2c([nH]c3ccccc23)=CCC12C=CC=CO2. The Bertz CT molecular complexity index is 857. The van der Waals surface area contributed by atoms with E-state index in [0.717, 1.165) is 28.3 Å². The summed E-state index contributed by atoms with van der Waals surface area (Å²) in [5.41, 5.74) is 0.609. The molecule has 1 spiro atoms. The molecular formula is C17H15NO2. The number of methoxy groups -OCH3 is 1. The molecule has 20 heavy (non-hydrogen) atoms. The number of hydrogen-bond acceptors (Lipinski definition) is 2. The maximum absolute atomic E-state index is 5.91. The van der Waals surface area contributed by atoms with Crippen molar-refractivity contribution >= 4 is 22.7 Å². The number of para-hydroxylation sites is 1. The molecule has 1 unspecified atom stereocenters. The van der Waals surface area contributed by atoms with E-state index in [2.05, 4.69) is 29.3 Å². The fourth-order valence-corrected chi connectivity index (χ4v) is 3.10. The Morgan fingerprint density at radius 3 is 2.95 bits per heavy atom. The van der Waals surface area contributed by atoms with Crippen LogP contribution in [0.2, 0.25) is 0 Å². The second-order valence-corrected chi connectivity index (χ2v) is 5.10. The van der Waals surface area contributed by atoms with Crippen LogP contribution in [0, 0.1) is 0 Å². The van der Waals surface area contributed by atoms with Gasteiger partial charge in [-0.15, -0.1) is 0 Å². The van der Waals surface area contributed by atoms with Crippen LogP contribution in [0.3, 0.4) is 0 Å². The van der Waals surface area contributed by atoms with Crippen LogP contribution in [0.4, 0.5) is 0 Å². The van der Waals surface area contributed by atoms with Crippen LogP contribution < -0.4 is 10.6 Å². The highest BCUT2D eigenvalue weighted by molar-refractivity contribution is 5.84. The van der Waals surface area contributed by atoms with E-state index in [1.54, 1.807) is 13.4 Å². The monoisotopic (exact) mass is 265 g/mol. The van der Waals surface area contributed by atoms with E-state index in [1.165, 1.54) is 5.39 Å². The fourth-order valence-electron chi connectivity index (χ4n) is 3.10. The lowest BCUT2D eigenvalue weighted by atomic mass is 9.90. The van der Waals surface area contributed by atoms with E-state index < -0.39 is 5.60 Å². The van der Waals surface area contributed by atoms with Crippen LogP contribution in [0.1, 0.15) is 6.42 Å². The Morgan fingerprint density at radius 2 is 2.15 bits per heavy atom. The predicted octanol–water partition coefficient (Wildman–Crippen LogP) is 1.95. The molecular weight excluding hydrogens is 250 g/mol. The van der Waals surface area contributed by atoms with Crippen molar-refractivity contribution in [2.75, 3.05) is 7.11 Å². The zero-order chi connectivity index (χ0) is 13.6. The molecule has 2 aliphatic rings. The van der Waals surface area contributed by atoms with Crippen LogP contribution >= 0.6 is 0 Å². The number of fused-ring (bicyclic) bond motifs is 3. The van der Waals surface area contributed by atoms with Gasteiger partial charge in [0.1, 0.15) is 0 Å². The third kappa shape index (κ3) is 1.40. The third-order valence-corrected chi connectivity index (χ3v) is 3.99. The van der Waals surface area contributed by atoms with Crippen molar-refractivity contribution in [2.24, 2.45) is 0 Å². The number of hydrogen-bond donors (Lipinski definition) is 1. The van der Waals surface area contributed by atoms with Crippen LogP contribution in [-0.4, -0.2) is 17.7 Å². The number of ether oxygens (including phenoxy) is 2. The summed E-state index contributed by atoms with van der Waals surface area (Å²) in [6.07, 6.45) is 10.6. The summed E-state index contributed by atoms with van der Waals surface area (Å²) in [6, 6.07) is 8.27. The first-order chi connectivity index (χ1) is 9.84. The first-order valence-corrected chi connectivity index (χ1v) is 6.72. The van der Waals surface area contributed by atoms with Gasteiger partial charge in [0.25, 0.3) is 0 Å². The van der Waals surface area contributed by atoms with E-state index in [0.29, 0.717) is 0 Å². The number of aromatic nitrogens is 1. The van der Waals surface area contributed by atoms with Gasteiger partial charge in [0.2, 0.25) is 0 Å². The maximum Gasteiger partial charge on any atom is 0.187 e. The number of H-pyrrole nitrogens is 1. The van der Waals surface area contributed by atoms with Gasteiger partial charge in [-0.1, -0.05) is 30.4 Å². The molecule has 1 aromatic heterocycles. The molecule has 1 aliphatic carbocycles. The summed E-state index contributed by atoms with van der Waals surface area (Å²) >= 11 is 0. The van der Waals surface area contributed by atoms with Gasteiger partial charge in [0, 0.05) is 27.9 Å². The number of aromatic amines is 1. The predicted molar refractivity (Wildman–Crippen MR) is 79.1 cm³/mol. The van der Waals surface area contributed by atoms with Gasteiger partial charge >= 0.3 is 0 Å². The molecule has 100 valence electrons. The Morgan fingerprint density at radius 1 is 1.25 bits per heavy atom. The van der Waals surface area contributed by atoms with Crippen molar-refractivity contribution in [3.8, 4) is 0 Å². The van der Waals surface area contributed by atoms with Crippen LogP contribution in [-0.2, 0) is 9.47 Å². The van der Waals surface area contributed by atoms with E-state index >= 15 is 0 Å². The lowest BCUT2D eigenvalue weighted by molar-refractivity contribution is 0.0879. The highest BCUT2D eigenvalue weighted by Crippen LogP contribution is 2.33. The van der Waals surface area contributed by atoms with Crippen molar-refractivity contribution < 1.29 is 9.47 Å². The van der Waals surface area contributed by atoms with Crippen molar-refractivity contribution in [2.45, 2.75) is 12.0 Å². The molecule has 0 saturated carbocycles. The molecule has 1 aliphatic heterocycles. The first kappa shape index (κ1) is 11.4.